The van der Waals surface area contributed by atoms with Crippen LogP contribution in [0.4, 0.5) is 0 Å². The van der Waals surface area contributed by atoms with E-state index in [0.29, 0.717) is 13.2 Å². The smallest absolute Gasteiger partial charge is 0.124 e. The monoisotopic (exact) mass is 193 g/mol. The molecule has 1 aromatic carbocycles. The average molecular weight is 193 g/mol. The van der Waals surface area contributed by atoms with Crippen LogP contribution in [-0.4, -0.2) is 31.1 Å². The lowest BCUT2D eigenvalue weighted by Crippen LogP contribution is -2.00. The Bertz CT molecular complexity index is 321. The molecule has 0 fully saturated rings. The maximum absolute atomic E-state index is 9.53. The first-order valence-corrected chi connectivity index (χ1v) is 4.54. The Hall–Kier alpha value is -1.35. The molecular weight excluding hydrogens is 178 g/mol. The number of phenols is 1. The number of methoxy groups -OCH3 is 1. The van der Waals surface area contributed by atoms with Gasteiger partial charge in [0, 0.05) is 18.4 Å². The quantitative estimate of drug-likeness (QED) is 0.585. The highest BCUT2D eigenvalue weighted by Crippen LogP contribution is 2.16. The number of aliphatic imine (C=N–C) groups is 1. The molecule has 1 rings (SSSR count). The van der Waals surface area contributed by atoms with Gasteiger partial charge in [-0.2, -0.15) is 0 Å². The molecule has 0 saturated heterocycles. The Kier molecular flexibility index (Phi) is 4.13. The van der Waals surface area contributed by atoms with Crippen molar-refractivity contribution in [1.82, 2.24) is 0 Å². The van der Waals surface area contributed by atoms with Gasteiger partial charge in [-0.3, -0.25) is 4.99 Å². The Labute approximate surface area is 84.1 Å². The van der Waals surface area contributed by atoms with Crippen LogP contribution < -0.4 is 0 Å². The van der Waals surface area contributed by atoms with Crippen molar-refractivity contribution in [2.24, 2.45) is 4.99 Å². The zero-order valence-corrected chi connectivity index (χ0v) is 8.53. The Morgan fingerprint density at radius 3 is 2.79 bits per heavy atom. The molecule has 0 aliphatic heterocycles. The van der Waals surface area contributed by atoms with Crippen LogP contribution in [0.2, 0.25) is 0 Å². The van der Waals surface area contributed by atoms with Crippen LogP contribution in [0.5, 0.6) is 5.75 Å². The number of benzene rings is 1. The second-order valence-corrected chi connectivity index (χ2v) is 2.98. The number of aromatic hydroxyl groups is 1. The maximum atomic E-state index is 9.53. The summed E-state index contributed by atoms with van der Waals surface area (Å²) in [4.78, 5) is 4.28. The lowest BCUT2D eigenvalue weighted by Gasteiger charge is -2.03. The van der Waals surface area contributed by atoms with Crippen LogP contribution in [0, 0.1) is 0 Å². The van der Waals surface area contributed by atoms with Crippen molar-refractivity contribution < 1.29 is 9.84 Å². The van der Waals surface area contributed by atoms with Crippen LogP contribution >= 0.6 is 0 Å². The van der Waals surface area contributed by atoms with E-state index in [2.05, 4.69) is 4.99 Å². The molecule has 0 heterocycles. The van der Waals surface area contributed by atoms with E-state index in [9.17, 15) is 5.11 Å². The van der Waals surface area contributed by atoms with Gasteiger partial charge < -0.3 is 9.84 Å². The topological polar surface area (TPSA) is 41.8 Å². The molecule has 0 bridgehead atoms. The molecule has 0 atom stereocenters. The third kappa shape index (κ3) is 2.85. The Morgan fingerprint density at radius 1 is 1.43 bits per heavy atom. The van der Waals surface area contributed by atoms with Crippen LogP contribution in [0.3, 0.4) is 0 Å². The Morgan fingerprint density at radius 2 is 2.14 bits per heavy atom. The number of nitrogens with zero attached hydrogens (tertiary/aromatic N) is 1. The average Bonchev–Trinajstić information content (AvgIpc) is 2.18. The molecule has 76 valence electrons. The Balaban J connectivity index is 2.73. The van der Waals surface area contributed by atoms with E-state index in [1.165, 1.54) is 0 Å². The molecule has 0 aliphatic rings. The van der Waals surface area contributed by atoms with Crippen molar-refractivity contribution in [2.75, 3.05) is 20.3 Å². The SMILES string of the molecule is COCC/N=C(\C)c1ccccc1O. The number of phenolic OH excluding ortho intramolecular Hbond substituents is 1. The van der Waals surface area contributed by atoms with Crippen LogP contribution in [0.25, 0.3) is 0 Å². The minimum absolute atomic E-state index is 0.270. The highest BCUT2D eigenvalue weighted by atomic mass is 16.5. The standard InChI is InChI=1S/C11H15NO2/c1-9(12-7-8-14-2)10-5-3-4-6-11(10)13/h3-6,13H,7-8H2,1-2H3/b12-9+. The molecule has 0 amide bonds. The first kappa shape index (κ1) is 10.7. The first-order chi connectivity index (χ1) is 6.75. The molecule has 1 aromatic rings. The van der Waals surface area contributed by atoms with E-state index in [1.807, 2.05) is 19.1 Å². The third-order valence-electron chi connectivity index (χ3n) is 1.94. The molecule has 0 radical (unpaired) electrons. The number of ether oxygens (including phenoxy) is 1. The largest absolute Gasteiger partial charge is 0.507 e. The van der Waals surface area contributed by atoms with E-state index < -0.39 is 0 Å². The minimum atomic E-state index is 0.270. The summed E-state index contributed by atoms with van der Waals surface area (Å²) >= 11 is 0. The van der Waals surface area contributed by atoms with Gasteiger partial charge in [-0.15, -0.1) is 0 Å². The van der Waals surface area contributed by atoms with Crippen molar-refractivity contribution in [3.63, 3.8) is 0 Å². The predicted molar refractivity (Wildman–Crippen MR) is 57.1 cm³/mol. The van der Waals surface area contributed by atoms with Gasteiger partial charge in [-0.25, -0.2) is 0 Å². The van der Waals surface area contributed by atoms with Crippen LogP contribution in [0.1, 0.15) is 12.5 Å². The van der Waals surface area contributed by atoms with E-state index in [0.717, 1.165) is 11.3 Å². The predicted octanol–water partition coefficient (Wildman–Crippen LogP) is 1.85. The van der Waals surface area contributed by atoms with E-state index in [1.54, 1.807) is 19.2 Å². The van der Waals surface area contributed by atoms with E-state index >= 15 is 0 Å². The van der Waals surface area contributed by atoms with Gasteiger partial charge in [0.2, 0.25) is 0 Å². The molecule has 0 unspecified atom stereocenters. The number of rotatable bonds is 4. The zero-order chi connectivity index (χ0) is 10.4. The summed E-state index contributed by atoms with van der Waals surface area (Å²) in [5.41, 5.74) is 1.61. The summed E-state index contributed by atoms with van der Waals surface area (Å²) < 4.78 is 4.89. The molecule has 3 heteroatoms. The fourth-order valence-corrected chi connectivity index (χ4v) is 1.17. The fourth-order valence-electron chi connectivity index (χ4n) is 1.17. The summed E-state index contributed by atoms with van der Waals surface area (Å²) in [7, 11) is 1.64. The summed E-state index contributed by atoms with van der Waals surface area (Å²) in [6, 6.07) is 7.18. The van der Waals surface area contributed by atoms with Crippen LogP contribution in [0.15, 0.2) is 29.3 Å². The lowest BCUT2D eigenvalue weighted by molar-refractivity contribution is 0.208. The van der Waals surface area contributed by atoms with Crippen molar-refractivity contribution >= 4 is 5.71 Å². The summed E-state index contributed by atoms with van der Waals surface area (Å²) in [6.07, 6.45) is 0. The second kappa shape index (κ2) is 5.40. The van der Waals surface area contributed by atoms with Gasteiger partial charge in [0.05, 0.1) is 13.2 Å². The second-order valence-electron chi connectivity index (χ2n) is 2.98. The normalized spacial score (nSPS) is 11.7. The molecule has 0 spiro atoms. The van der Waals surface area contributed by atoms with Gasteiger partial charge in [-0.05, 0) is 19.1 Å². The van der Waals surface area contributed by atoms with E-state index in [-0.39, 0.29) is 5.75 Å². The molecule has 0 aliphatic carbocycles. The van der Waals surface area contributed by atoms with Crippen molar-refractivity contribution in [2.45, 2.75) is 6.92 Å². The van der Waals surface area contributed by atoms with Gasteiger partial charge in [-0.1, -0.05) is 12.1 Å². The minimum Gasteiger partial charge on any atom is -0.507 e. The molecule has 3 nitrogen and oxygen atoms in total. The summed E-state index contributed by atoms with van der Waals surface area (Å²) in [6.45, 7) is 3.10. The lowest BCUT2D eigenvalue weighted by atomic mass is 10.1. The molecule has 0 saturated carbocycles. The van der Waals surface area contributed by atoms with Gasteiger partial charge in [0.25, 0.3) is 0 Å². The third-order valence-corrected chi connectivity index (χ3v) is 1.94. The highest BCUT2D eigenvalue weighted by Gasteiger charge is 2.01. The van der Waals surface area contributed by atoms with Crippen molar-refractivity contribution in [3.8, 4) is 5.75 Å². The number of hydrogen-bond acceptors (Lipinski definition) is 3. The molecule has 0 aromatic heterocycles. The van der Waals surface area contributed by atoms with Gasteiger partial charge in [0.15, 0.2) is 0 Å². The number of para-hydroxylation sites is 1. The highest BCUT2D eigenvalue weighted by molar-refractivity contribution is 6.00. The maximum Gasteiger partial charge on any atom is 0.124 e. The molecule has 14 heavy (non-hydrogen) atoms. The zero-order valence-electron chi connectivity index (χ0n) is 8.53. The van der Waals surface area contributed by atoms with Gasteiger partial charge in [0.1, 0.15) is 5.75 Å². The van der Waals surface area contributed by atoms with E-state index in [4.69, 9.17) is 4.74 Å². The van der Waals surface area contributed by atoms with Gasteiger partial charge >= 0.3 is 0 Å². The molecular formula is C11H15NO2. The summed E-state index contributed by atoms with van der Waals surface area (Å²) in [5.74, 6) is 0.270. The molecule has 1 N–H and O–H groups in total. The number of hydrogen-bond donors (Lipinski definition) is 1. The summed E-state index contributed by atoms with van der Waals surface area (Å²) in [5, 5.41) is 9.53. The van der Waals surface area contributed by atoms with Crippen LogP contribution in [-0.2, 0) is 4.74 Å². The van der Waals surface area contributed by atoms with Crippen molar-refractivity contribution in [3.05, 3.63) is 29.8 Å². The first-order valence-electron chi connectivity index (χ1n) is 4.54. The fraction of sp³-hybridized carbons (Fsp3) is 0.364. The van der Waals surface area contributed by atoms with Crippen molar-refractivity contribution in [1.29, 1.82) is 0 Å².